The number of benzene rings is 2. The number of sulfone groups is 1. The van der Waals surface area contributed by atoms with Crippen molar-refractivity contribution in [1.29, 1.82) is 0 Å². The summed E-state index contributed by atoms with van der Waals surface area (Å²) in [4.78, 5) is 11.8. The second-order valence-corrected chi connectivity index (χ2v) is 7.15. The SMILES string of the molecule is Cc1cccc(NCc2ccc(S(C)(=O)=O)cc2)c1C(N)=O. The van der Waals surface area contributed by atoms with E-state index in [2.05, 4.69) is 5.32 Å². The fourth-order valence-corrected chi connectivity index (χ4v) is 2.82. The molecule has 0 radical (unpaired) electrons. The zero-order valence-corrected chi connectivity index (χ0v) is 13.3. The summed E-state index contributed by atoms with van der Waals surface area (Å²) in [6.07, 6.45) is 1.17. The molecule has 0 saturated carbocycles. The van der Waals surface area contributed by atoms with Crippen LogP contribution in [0.25, 0.3) is 0 Å². The highest BCUT2D eigenvalue weighted by atomic mass is 32.2. The van der Waals surface area contributed by atoms with Gasteiger partial charge in [-0.25, -0.2) is 8.42 Å². The molecule has 0 bridgehead atoms. The average Bonchev–Trinajstić information content (AvgIpc) is 2.44. The molecule has 0 aliphatic carbocycles. The Morgan fingerprint density at radius 3 is 2.32 bits per heavy atom. The summed E-state index contributed by atoms with van der Waals surface area (Å²) in [6, 6.07) is 12.1. The Morgan fingerprint density at radius 2 is 1.77 bits per heavy atom. The fraction of sp³-hybridized carbons (Fsp3) is 0.188. The van der Waals surface area contributed by atoms with Gasteiger partial charge in [0, 0.05) is 18.5 Å². The molecule has 0 spiro atoms. The maximum Gasteiger partial charge on any atom is 0.251 e. The first-order valence-electron chi connectivity index (χ1n) is 6.71. The molecule has 0 aliphatic rings. The van der Waals surface area contributed by atoms with E-state index in [0.717, 1.165) is 11.1 Å². The van der Waals surface area contributed by atoms with Gasteiger partial charge in [0.15, 0.2) is 9.84 Å². The summed E-state index contributed by atoms with van der Waals surface area (Å²) in [7, 11) is -3.19. The van der Waals surface area contributed by atoms with Gasteiger partial charge >= 0.3 is 0 Å². The summed E-state index contributed by atoms with van der Waals surface area (Å²) in [5, 5.41) is 3.16. The van der Waals surface area contributed by atoms with Gasteiger partial charge in [0.1, 0.15) is 0 Å². The van der Waals surface area contributed by atoms with E-state index in [0.29, 0.717) is 17.8 Å². The van der Waals surface area contributed by atoms with Crippen LogP contribution in [0.15, 0.2) is 47.4 Å². The molecule has 0 atom stereocenters. The summed E-state index contributed by atoms with van der Waals surface area (Å²) in [5.41, 5.74) is 8.26. The lowest BCUT2D eigenvalue weighted by Gasteiger charge is -2.12. The second kappa shape index (κ2) is 6.19. The number of rotatable bonds is 5. The number of aryl methyl sites for hydroxylation is 1. The molecule has 0 saturated heterocycles. The highest BCUT2D eigenvalue weighted by molar-refractivity contribution is 7.90. The number of hydrogen-bond donors (Lipinski definition) is 2. The molecule has 0 heterocycles. The van der Waals surface area contributed by atoms with Crippen LogP contribution in [0.1, 0.15) is 21.5 Å². The smallest absolute Gasteiger partial charge is 0.251 e. The van der Waals surface area contributed by atoms with E-state index in [1.165, 1.54) is 6.26 Å². The van der Waals surface area contributed by atoms with E-state index in [9.17, 15) is 13.2 Å². The van der Waals surface area contributed by atoms with Crippen molar-refractivity contribution in [2.75, 3.05) is 11.6 Å². The van der Waals surface area contributed by atoms with Gasteiger partial charge in [0.05, 0.1) is 10.5 Å². The van der Waals surface area contributed by atoms with E-state index < -0.39 is 15.7 Å². The quantitative estimate of drug-likeness (QED) is 0.883. The summed E-state index contributed by atoms with van der Waals surface area (Å²) in [6.45, 7) is 2.29. The molecule has 2 rings (SSSR count). The number of carbonyl (C=O) groups is 1. The predicted molar refractivity (Wildman–Crippen MR) is 86.6 cm³/mol. The topological polar surface area (TPSA) is 89.3 Å². The Morgan fingerprint density at radius 1 is 1.14 bits per heavy atom. The molecule has 0 fully saturated rings. The Balaban J connectivity index is 2.17. The summed E-state index contributed by atoms with van der Waals surface area (Å²) >= 11 is 0. The largest absolute Gasteiger partial charge is 0.380 e. The molecule has 0 aliphatic heterocycles. The van der Waals surface area contributed by atoms with Crippen molar-refractivity contribution < 1.29 is 13.2 Å². The van der Waals surface area contributed by atoms with Crippen LogP contribution in [0.5, 0.6) is 0 Å². The first-order chi connectivity index (χ1) is 10.3. The maximum absolute atomic E-state index is 11.5. The van der Waals surface area contributed by atoms with Crippen LogP contribution in [0, 0.1) is 6.92 Å². The van der Waals surface area contributed by atoms with Gasteiger partial charge in [-0.15, -0.1) is 0 Å². The average molecular weight is 318 g/mol. The van der Waals surface area contributed by atoms with Crippen LogP contribution in [0.2, 0.25) is 0 Å². The third-order valence-corrected chi connectivity index (χ3v) is 4.48. The first-order valence-corrected chi connectivity index (χ1v) is 8.60. The van der Waals surface area contributed by atoms with Gasteiger partial charge in [-0.1, -0.05) is 24.3 Å². The molecule has 0 unspecified atom stereocenters. The van der Waals surface area contributed by atoms with Crippen LogP contribution in [-0.2, 0) is 16.4 Å². The lowest BCUT2D eigenvalue weighted by molar-refractivity contribution is 0.100. The number of nitrogens with one attached hydrogen (secondary N) is 1. The molecule has 22 heavy (non-hydrogen) atoms. The normalized spacial score (nSPS) is 11.2. The van der Waals surface area contributed by atoms with Crippen LogP contribution in [0.4, 0.5) is 5.69 Å². The molecule has 2 aromatic rings. The minimum absolute atomic E-state index is 0.282. The molecule has 1 amide bonds. The van der Waals surface area contributed by atoms with Crippen LogP contribution >= 0.6 is 0 Å². The van der Waals surface area contributed by atoms with Gasteiger partial charge in [-0.3, -0.25) is 4.79 Å². The summed E-state index contributed by atoms with van der Waals surface area (Å²) < 4.78 is 22.8. The third-order valence-electron chi connectivity index (χ3n) is 3.35. The molecular formula is C16H18N2O3S. The Bertz CT molecular complexity index is 797. The van der Waals surface area contributed by atoms with E-state index in [1.807, 2.05) is 19.1 Å². The third kappa shape index (κ3) is 3.65. The van der Waals surface area contributed by atoms with Crippen molar-refractivity contribution in [3.05, 3.63) is 59.2 Å². The minimum Gasteiger partial charge on any atom is -0.380 e. The fourth-order valence-electron chi connectivity index (χ4n) is 2.19. The molecular weight excluding hydrogens is 300 g/mol. The van der Waals surface area contributed by atoms with Gasteiger partial charge in [-0.05, 0) is 36.2 Å². The molecule has 116 valence electrons. The predicted octanol–water partition coefficient (Wildman–Crippen LogP) is 2.11. The van der Waals surface area contributed by atoms with Crippen molar-refractivity contribution >= 4 is 21.4 Å². The van der Waals surface area contributed by atoms with E-state index >= 15 is 0 Å². The van der Waals surface area contributed by atoms with Crippen LogP contribution < -0.4 is 11.1 Å². The van der Waals surface area contributed by atoms with Crippen molar-refractivity contribution in [2.24, 2.45) is 5.73 Å². The van der Waals surface area contributed by atoms with E-state index in [-0.39, 0.29) is 4.90 Å². The van der Waals surface area contributed by atoms with Crippen LogP contribution in [0.3, 0.4) is 0 Å². The second-order valence-electron chi connectivity index (χ2n) is 5.13. The number of hydrogen-bond acceptors (Lipinski definition) is 4. The molecule has 5 nitrogen and oxygen atoms in total. The van der Waals surface area contributed by atoms with Gasteiger partial charge in [0.2, 0.25) is 0 Å². The van der Waals surface area contributed by atoms with E-state index in [1.54, 1.807) is 30.3 Å². The molecule has 3 N–H and O–H groups in total. The molecule has 6 heteroatoms. The highest BCUT2D eigenvalue weighted by Crippen LogP contribution is 2.20. The van der Waals surface area contributed by atoms with Crippen molar-refractivity contribution in [2.45, 2.75) is 18.4 Å². The van der Waals surface area contributed by atoms with Gasteiger partial charge in [-0.2, -0.15) is 0 Å². The number of anilines is 1. The Labute approximate surface area is 130 Å². The zero-order valence-electron chi connectivity index (χ0n) is 12.5. The molecule has 0 aromatic heterocycles. The van der Waals surface area contributed by atoms with Crippen molar-refractivity contribution in [3.8, 4) is 0 Å². The summed E-state index contributed by atoms with van der Waals surface area (Å²) in [5.74, 6) is -0.479. The number of nitrogens with two attached hydrogens (primary N) is 1. The van der Waals surface area contributed by atoms with Crippen molar-refractivity contribution in [3.63, 3.8) is 0 Å². The monoisotopic (exact) mass is 318 g/mol. The number of primary amides is 1. The number of carbonyl (C=O) groups excluding carboxylic acids is 1. The first kappa shape index (κ1) is 16.0. The Kier molecular flexibility index (Phi) is 4.51. The lowest BCUT2D eigenvalue weighted by Crippen LogP contribution is -2.16. The zero-order chi connectivity index (χ0) is 16.3. The number of amides is 1. The van der Waals surface area contributed by atoms with Gasteiger partial charge in [0.25, 0.3) is 5.91 Å². The highest BCUT2D eigenvalue weighted by Gasteiger charge is 2.11. The van der Waals surface area contributed by atoms with Crippen LogP contribution in [-0.4, -0.2) is 20.6 Å². The minimum atomic E-state index is -3.19. The maximum atomic E-state index is 11.5. The standard InChI is InChI=1S/C16H18N2O3S/c1-11-4-3-5-14(15(11)16(17)19)18-10-12-6-8-13(9-7-12)22(2,20)21/h3-9,18H,10H2,1-2H3,(H2,17,19). The Hall–Kier alpha value is -2.34. The van der Waals surface area contributed by atoms with E-state index in [4.69, 9.17) is 5.73 Å². The molecule has 2 aromatic carbocycles. The van der Waals surface area contributed by atoms with Crippen molar-refractivity contribution in [1.82, 2.24) is 0 Å². The van der Waals surface area contributed by atoms with Gasteiger partial charge < -0.3 is 11.1 Å². The lowest BCUT2D eigenvalue weighted by atomic mass is 10.1.